The van der Waals surface area contributed by atoms with E-state index >= 15 is 0 Å². The molecule has 0 amide bonds. The second-order valence-corrected chi connectivity index (χ2v) is 18.7. The number of hydrogen-bond acceptors (Lipinski definition) is 15. The highest BCUT2D eigenvalue weighted by atomic mass is 16.8. The molecule has 0 radical (unpaired) electrons. The van der Waals surface area contributed by atoms with Crippen LogP contribution in [0.1, 0.15) is 79.1 Å². The minimum atomic E-state index is -1.63. The lowest BCUT2D eigenvalue weighted by atomic mass is 9.51. The van der Waals surface area contributed by atoms with Gasteiger partial charge in [0.05, 0.1) is 32.0 Å². The summed E-state index contributed by atoms with van der Waals surface area (Å²) in [4.78, 5) is 0. The Morgan fingerprint density at radius 1 is 0.855 bits per heavy atom. The number of hydrogen-bond donors (Lipinski definition) is 8. The molecule has 0 spiro atoms. The van der Waals surface area contributed by atoms with Gasteiger partial charge in [-0.1, -0.05) is 32.4 Å². The first-order chi connectivity index (χ1) is 26.1. The van der Waals surface area contributed by atoms with Gasteiger partial charge in [0.1, 0.15) is 48.8 Å². The Kier molecular flexibility index (Phi) is 9.81. The molecular formula is C40H60O15. The van der Waals surface area contributed by atoms with Gasteiger partial charge in [-0.05, 0) is 92.1 Å². The van der Waals surface area contributed by atoms with Crippen molar-refractivity contribution < 1.29 is 74.0 Å². The van der Waals surface area contributed by atoms with E-state index in [1.54, 1.807) is 6.92 Å². The molecule has 15 heteroatoms. The smallest absolute Gasteiger partial charge is 0.197 e. The third kappa shape index (κ3) is 5.63. The average Bonchev–Trinajstić information content (AvgIpc) is 3.80. The van der Waals surface area contributed by atoms with Crippen molar-refractivity contribution in [2.24, 2.45) is 34.5 Å². The van der Waals surface area contributed by atoms with Crippen LogP contribution in [0, 0.1) is 34.5 Å². The van der Waals surface area contributed by atoms with Gasteiger partial charge in [-0.25, -0.2) is 0 Å². The molecule has 5 heterocycles. The van der Waals surface area contributed by atoms with Crippen molar-refractivity contribution in [1.29, 1.82) is 0 Å². The van der Waals surface area contributed by atoms with Gasteiger partial charge < -0.3 is 74.0 Å². The van der Waals surface area contributed by atoms with Gasteiger partial charge in [-0.15, -0.1) is 0 Å². The standard InChI is InChI=1S/C40H60O15/c1-17-15-50-39(4)40(17,48)33-31(55-39)26(34(47)54-33)23-8-7-21-20-6-5-18-13-19(9-11-37(18,2)22(20)10-12-38(21,23)3)51-36-30(46)32(28(44)25(14-41)52-36)53-35-29(45)27(43)24(42)16-49-35/h7,17-19,23-36,41-48H,5-6,8-16H2,1-4H3/t17-,18-,19-,23+,24+,25+,26-,27-,28+,29+,30+,31?,32-,33?,34?,35-,36+,37-,38-,39+,40+/m0/s1. The highest BCUT2D eigenvalue weighted by Crippen LogP contribution is 2.67. The fraction of sp³-hybridized carbons (Fsp3) is 0.900. The maximum Gasteiger partial charge on any atom is 0.197 e. The summed E-state index contributed by atoms with van der Waals surface area (Å²) in [5, 5.41) is 85.9. The molecule has 55 heavy (non-hydrogen) atoms. The Morgan fingerprint density at radius 3 is 2.40 bits per heavy atom. The van der Waals surface area contributed by atoms with Crippen LogP contribution in [0.3, 0.4) is 0 Å². The second kappa shape index (κ2) is 13.7. The molecule has 0 aromatic carbocycles. The first-order valence-corrected chi connectivity index (χ1v) is 20.5. The van der Waals surface area contributed by atoms with Crippen LogP contribution in [-0.4, -0.2) is 152 Å². The zero-order valence-electron chi connectivity index (χ0n) is 32.1. The topological polar surface area (TPSA) is 226 Å². The van der Waals surface area contributed by atoms with Crippen molar-refractivity contribution in [3.05, 3.63) is 22.8 Å². The van der Waals surface area contributed by atoms with E-state index in [4.69, 9.17) is 33.2 Å². The van der Waals surface area contributed by atoms with E-state index in [0.717, 1.165) is 44.9 Å². The third-order valence-electron chi connectivity index (χ3n) is 16.0. The molecule has 15 nitrogen and oxygen atoms in total. The van der Waals surface area contributed by atoms with Gasteiger partial charge in [0, 0.05) is 11.8 Å². The van der Waals surface area contributed by atoms with Crippen LogP contribution in [0.4, 0.5) is 0 Å². The lowest BCUT2D eigenvalue weighted by Gasteiger charge is -2.54. The van der Waals surface area contributed by atoms with E-state index in [1.807, 2.05) is 6.92 Å². The van der Waals surface area contributed by atoms with Gasteiger partial charge in [-0.3, -0.25) is 0 Å². The van der Waals surface area contributed by atoms with E-state index in [1.165, 1.54) is 16.7 Å². The number of ether oxygens (including phenoxy) is 7. The Balaban J connectivity index is 0.883. The molecule has 0 bridgehead atoms. The van der Waals surface area contributed by atoms with E-state index in [0.29, 0.717) is 18.9 Å². The molecule has 9 rings (SSSR count). The Bertz CT molecular complexity index is 1560. The minimum Gasteiger partial charge on any atom is -0.394 e. The van der Waals surface area contributed by atoms with Crippen molar-refractivity contribution in [3.8, 4) is 0 Å². The van der Waals surface area contributed by atoms with Gasteiger partial charge in [-0.2, -0.15) is 0 Å². The Morgan fingerprint density at radius 2 is 1.64 bits per heavy atom. The number of allylic oxidation sites excluding steroid dienone is 4. The molecule has 4 aliphatic carbocycles. The molecule has 0 aromatic heterocycles. The van der Waals surface area contributed by atoms with Crippen LogP contribution in [0.5, 0.6) is 0 Å². The second-order valence-electron chi connectivity index (χ2n) is 18.7. The van der Waals surface area contributed by atoms with Crippen molar-refractivity contribution in [2.75, 3.05) is 19.8 Å². The zero-order chi connectivity index (χ0) is 39.0. The first kappa shape index (κ1) is 39.3. The van der Waals surface area contributed by atoms with Crippen LogP contribution in [0.25, 0.3) is 0 Å². The predicted molar refractivity (Wildman–Crippen MR) is 188 cm³/mol. The van der Waals surface area contributed by atoms with E-state index in [-0.39, 0.29) is 41.3 Å². The molecule has 9 aliphatic rings. The van der Waals surface area contributed by atoms with Crippen molar-refractivity contribution >= 4 is 0 Å². The molecule has 5 saturated heterocycles. The number of fused-ring (bicyclic) bond motifs is 7. The molecule has 6 fully saturated rings. The van der Waals surface area contributed by atoms with E-state index in [2.05, 4.69) is 19.9 Å². The fourth-order valence-corrected chi connectivity index (χ4v) is 12.6. The van der Waals surface area contributed by atoms with Gasteiger partial charge in [0.2, 0.25) is 0 Å². The largest absolute Gasteiger partial charge is 0.394 e. The van der Waals surface area contributed by atoms with E-state index in [9.17, 15) is 40.9 Å². The van der Waals surface area contributed by atoms with Crippen molar-refractivity contribution in [2.45, 2.75) is 170 Å². The molecular weight excluding hydrogens is 720 g/mol. The molecule has 1 saturated carbocycles. The Labute approximate surface area is 321 Å². The molecule has 0 aromatic rings. The zero-order valence-corrected chi connectivity index (χ0v) is 32.1. The number of aliphatic hydroxyl groups is 8. The van der Waals surface area contributed by atoms with Gasteiger partial charge in [0.15, 0.2) is 30.3 Å². The molecule has 5 aliphatic heterocycles. The maximum atomic E-state index is 11.9. The summed E-state index contributed by atoms with van der Waals surface area (Å²) in [5.74, 6) is -1.27. The van der Waals surface area contributed by atoms with Crippen molar-refractivity contribution in [3.63, 3.8) is 0 Å². The summed E-state index contributed by atoms with van der Waals surface area (Å²) >= 11 is 0. The summed E-state index contributed by atoms with van der Waals surface area (Å²) < 4.78 is 42.1. The lowest BCUT2D eigenvalue weighted by molar-refractivity contribution is -0.355. The number of aliphatic hydroxyl groups excluding tert-OH is 7. The molecule has 310 valence electrons. The quantitative estimate of drug-likeness (QED) is 0.179. The van der Waals surface area contributed by atoms with Crippen molar-refractivity contribution in [1.82, 2.24) is 0 Å². The van der Waals surface area contributed by atoms with Crippen LogP contribution < -0.4 is 0 Å². The van der Waals surface area contributed by atoms with E-state index < -0.39 is 91.8 Å². The van der Waals surface area contributed by atoms with Crippen LogP contribution in [0.2, 0.25) is 0 Å². The van der Waals surface area contributed by atoms with Crippen LogP contribution in [-0.2, 0) is 33.2 Å². The maximum absolute atomic E-state index is 11.9. The van der Waals surface area contributed by atoms with Gasteiger partial charge in [0.25, 0.3) is 0 Å². The van der Waals surface area contributed by atoms with Crippen LogP contribution in [0.15, 0.2) is 22.8 Å². The highest BCUT2D eigenvalue weighted by molar-refractivity contribution is 5.50. The Hall–Kier alpha value is -1.12. The number of rotatable bonds is 6. The minimum absolute atomic E-state index is 0.0481. The lowest BCUT2D eigenvalue weighted by Crippen LogP contribution is -2.63. The monoisotopic (exact) mass is 780 g/mol. The average molecular weight is 781 g/mol. The summed E-state index contributed by atoms with van der Waals surface area (Å²) in [7, 11) is 0. The first-order valence-electron chi connectivity index (χ1n) is 20.5. The normalized spacial score (nSPS) is 57.5. The highest BCUT2D eigenvalue weighted by Gasteiger charge is 2.75. The predicted octanol–water partition coefficient (Wildman–Crippen LogP) is 0.124. The SMILES string of the molecule is C[C@H]1CO[C@]2(C)OC3C(OC(O)[C@H]3[C@H]3CC=C4C5=C(CC[C@@]43C)[C@@]3(C)CC[C@H](O[C@@H]4O[C@H](CO)[C@@H](O)[C@H](O[C@@H]6OC[C@@H](O)[C@H](O)[C@H]6O)[C@H]4O)C[C@@H]3CC5)[C@]12O. The molecule has 8 N–H and O–H groups in total. The molecule has 3 unspecified atom stereocenters. The molecule has 21 atom stereocenters. The van der Waals surface area contributed by atoms with Crippen LogP contribution >= 0.6 is 0 Å². The fourth-order valence-electron chi connectivity index (χ4n) is 12.6. The van der Waals surface area contributed by atoms with Gasteiger partial charge >= 0.3 is 0 Å². The third-order valence-corrected chi connectivity index (χ3v) is 16.0. The summed E-state index contributed by atoms with van der Waals surface area (Å²) in [6, 6.07) is 0. The summed E-state index contributed by atoms with van der Waals surface area (Å²) in [6.07, 6.45) is -5.84. The summed E-state index contributed by atoms with van der Waals surface area (Å²) in [6.45, 7) is 7.94. The summed E-state index contributed by atoms with van der Waals surface area (Å²) in [5.41, 5.74) is 2.78.